The first-order valence-corrected chi connectivity index (χ1v) is 8.49. The van der Waals surface area contributed by atoms with Gasteiger partial charge in [-0.15, -0.1) is 0 Å². The molecule has 1 N–H and O–H groups in total. The van der Waals surface area contributed by atoms with E-state index in [-0.39, 0.29) is 0 Å². The van der Waals surface area contributed by atoms with Gasteiger partial charge in [0.25, 0.3) is 0 Å². The van der Waals surface area contributed by atoms with Gasteiger partial charge in [-0.3, -0.25) is 4.90 Å². The van der Waals surface area contributed by atoms with Crippen molar-refractivity contribution in [1.29, 1.82) is 0 Å². The number of nitrogens with one attached hydrogen (secondary N) is 1. The van der Waals surface area contributed by atoms with Gasteiger partial charge in [0.05, 0.1) is 0 Å². The highest BCUT2D eigenvalue weighted by Crippen LogP contribution is 2.40. The molecule has 2 nitrogen and oxygen atoms in total. The number of likely N-dealkylation sites (N-methyl/N-ethyl adjacent to an activating group) is 1. The average molecular weight is 266 g/mol. The molecule has 0 spiro atoms. The third-order valence-electron chi connectivity index (χ3n) is 5.67. The summed E-state index contributed by atoms with van der Waals surface area (Å²) in [5.74, 6) is 0.998. The minimum Gasteiger partial charge on any atom is -0.315 e. The molecule has 0 radical (unpaired) electrons. The molecule has 1 saturated carbocycles. The van der Waals surface area contributed by atoms with E-state index in [2.05, 4.69) is 38.0 Å². The van der Waals surface area contributed by atoms with Crippen molar-refractivity contribution in [1.82, 2.24) is 10.2 Å². The summed E-state index contributed by atoms with van der Waals surface area (Å²) in [5.41, 5.74) is 0.467. The van der Waals surface area contributed by atoms with E-state index in [4.69, 9.17) is 0 Å². The zero-order valence-electron chi connectivity index (χ0n) is 13.5. The Morgan fingerprint density at radius 2 is 1.95 bits per heavy atom. The third kappa shape index (κ3) is 3.52. The van der Waals surface area contributed by atoms with Crippen LogP contribution in [0.1, 0.15) is 65.7 Å². The summed E-state index contributed by atoms with van der Waals surface area (Å²) in [6.07, 6.45) is 9.87. The topological polar surface area (TPSA) is 15.3 Å². The molecule has 2 fully saturated rings. The Morgan fingerprint density at radius 3 is 2.63 bits per heavy atom. The average Bonchev–Trinajstić information content (AvgIpc) is 2.54. The summed E-state index contributed by atoms with van der Waals surface area (Å²) in [5, 5.41) is 3.62. The summed E-state index contributed by atoms with van der Waals surface area (Å²) in [6, 6.07) is 1.45. The zero-order chi connectivity index (χ0) is 13.9. The molecule has 1 aliphatic heterocycles. The fourth-order valence-corrected chi connectivity index (χ4v) is 4.56. The van der Waals surface area contributed by atoms with Crippen molar-refractivity contribution in [2.45, 2.75) is 77.8 Å². The summed E-state index contributed by atoms with van der Waals surface area (Å²) < 4.78 is 0. The van der Waals surface area contributed by atoms with Crippen LogP contribution in [0.2, 0.25) is 0 Å². The number of hydrogen-bond donors (Lipinski definition) is 1. The van der Waals surface area contributed by atoms with Crippen LogP contribution in [-0.4, -0.2) is 37.1 Å². The second kappa shape index (κ2) is 6.58. The van der Waals surface area contributed by atoms with Crippen molar-refractivity contribution >= 4 is 0 Å². The van der Waals surface area contributed by atoms with E-state index in [1.807, 2.05) is 0 Å². The molecule has 1 saturated heterocycles. The molecule has 0 aromatic carbocycles. The normalized spacial score (nSPS) is 36.3. The van der Waals surface area contributed by atoms with E-state index in [1.165, 1.54) is 58.0 Å². The van der Waals surface area contributed by atoms with Gasteiger partial charge in [0.2, 0.25) is 0 Å². The molecular formula is C17H34N2. The maximum atomic E-state index is 3.62. The Hall–Kier alpha value is -0.0800. The molecule has 3 unspecified atom stereocenters. The van der Waals surface area contributed by atoms with E-state index in [0.29, 0.717) is 11.5 Å². The molecule has 112 valence electrons. The monoisotopic (exact) mass is 266 g/mol. The maximum Gasteiger partial charge on any atom is 0.0271 e. The molecule has 0 aromatic rings. The quantitative estimate of drug-likeness (QED) is 0.835. The van der Waals surface area contributed by atoms with Crippen molar-refractivity contribution in [3.63, 3.8) is 0 Å². The molecule has 2 rings (SSSR count). The standard InChI is InChI=1S/C17H34N2/c1-5-7-14-8-6-12-19(13-10-14)15-9-11-17(2,3)16(15)18-4/h14-16,18H,5-13H2,1-4H3. The highest BCUT2D eigenvalue weighted by atomic mass is 15.2. The molecular weight excluding hydrogens is 232 g/mol. The van der Waals surface area contributed by atoms with Crippen LogP contribution in [0.5, 0.6) is 0 Å². The van der Waals surface area contributed by atoms with Crippen LogP contribution in [0.25, 0.3) is 0 Å². The summed E-state index contributed by atoms with van der Waals surface area (Å²) in [4.78, 5) is 2.81. The van der Waals surface area contributed by atoms with E-state index in [9.17, 15) is 0 Å². The minimum atomic E-state index is 0.467. The fraction of sp³-hybridized carbons (Fsp3) is 1.00. The van der Waals surface area contributed by atoms with E-state index in [1.54, 1.807) is 0 Å². The van der Waals surface area contributed by atoms with Crippen LogP contribution in [-0.2, 0) is 0 Å². The van der Waals surface area contributed by atoms with Gasteiger partial charge in [-0.25, -0.2) is 0 Å². The van der Waals surface area contributed by atoms with Crippen molar-refractivity contribution in [2.75, 3.05) is 20.1 Å². The van der Waals surface area contributed by atoms with Gasteiger partial charge in [-0.05, 0) is 63.6 Å². The fourth-order valence-electron chi connectivity index (χ4n) is 4.56. The summed E-state index contributed by atoms with van der Waals surface area (Å²) in [6.45, 7) is 9.87. The predicted octanol–water partition coefficient (Wildman–Crippen LogP) is 3.67. The van der Waals surface area contributed by atoms with Crippen LogP contribution in [0, 0.1) is 11.3 Å². The van der Waals surface area contributed by atoms with Crippen LogP contribution >= 0.6 is 0 Å². The Bertz CT molecular complexity index is 274. The van der Waals surface area contributed by atoms with Crippen LogP contribution < -0.4 is 5.32 Å². The Labute approximate surface area is 120 Å². The Balaban J connectivity index is 1.95. The van der Waals surface area contributed by atoms with Gasteiger partial charge in [-0.1, -0.05) is 33.6 Å². The van der Waals surface area contributed by atoms with E-state index < -0.39 is 0 Å². The van der Waals surface area contributed by atoms with Gasteiger partial charge >= 0.3 is 0 Å². The first-order valence-electron chi connectivity index (χ1n) is 8.49. The minimum absolute atomic E-state index is 0.467. The van der Waals surface area contributed by atoms with Crippen molar-refractivity contribution in [2.24, 2.45) is 11.3 Å². The van der Waals surface area contributed by atoms with Gasteiger partial charge < -0.3 is 5.32 Å². The Morgan fingerprint density at radius 1 is 1.16 bits per heavy atom. The van der Waals surface area contributed by atoms with Crippen molar-refractivity contribution in [3.8, 4) is 0 Å². The van der Waals surface area contributed by atoms with E-state index in [0.717, 1.165) is 12.0 Å². The number of rotatable bonds is 4. The predicted molar refractivity (Wildman–Crippen MR) is 83.5 cm³/mol. The van der Waals surface area contributed by atoms with Gasteiger partial charge in [0, 0.05) is 12.1 Å². The van der Waals surface area contributed by atoms with Gasteiger partial charge in [0.15, 0.2) is 0 Å². The van der Waals surface area contributed by atoms with Crippen LogP contribution in [0.15, 0.2) is 0 Å². The lowest BCUT2D eigenvalue weighted by Gasteiger charge is -2.36. The molecule has 0 aromatic heterocycles. The molecule has 1 aliphatic carbocycles. The first-order chi connectivity index (χ1) is 9.08. The zero-order valence-corrected chi connectivity index (χ0v) is 13.5. The van der Waals surface area contributed by atoms with E-state index >= 15 is 0 Å². The highest BCUT2D eigenvalue weighted by Gasteiger charge is 2.43. The molecule has 1 heterocycles. The molecule has 2 aliphatic rings. The molecule has 2 heteroatoms. The molecule has 0 bridgehead atoms. The molecule has 0 amide bonds. The van der Waals surface area contributed by atoms with Crippen LogP contribution in [0.3, 0.4) is 0 Å². The summed E-state index contributed by atoms with van der Waals surface area (Å²) in [7, 11) is 2.16. The maximum absolute atomic E-state index is 3.62. The smallest absolute Gasteiger partial charge is 0.0271 e. The second-order valence-electron chi connectivity index (χ2n) is 7.48. The van der Waals surface area contributed by atoms with Gasteiger partial charge in [0.1, 0.15) is 0 Å². The number of hydrogen-bond acceptors (Lipinski definition) is 2. The molecule has 19 heavy (non-hydrogen) atoms. The van der Waals surface area contributed by atoms with Gasteiger partial charge in [-0.2, -0.15) is 0 Å². The highest BCUT2D eigenvalue weighted by molar-refractivity contribution is 5.00. The van der Waals surface area contributed by atoms with Crippen LogP contribution in [0.4, 0.5) is 0 Å². The first kappa shape index (κ1) is 15.3. The number of likely N-dealkylation sites (tertiary alicyclic amines) is 1. The lowest BCUT2D eigenvalue weighted by molar-refractivity contribution is 0.151. The summed E-state index contributed by atoms with van der Waals surface area (Å²) >= 11 is 0. The third-order valence-corrected chi connectivity index (χ3v) is 5.67. The second-order valence-corrected chi connectivity index (χ2v) is 7.48. The largest absolute Gasteiger partial charge is 0.315 e. The molecule has 3 atom stereocenters. The number of nitrogens with zero attached hydrogens (tertiary/aromatic N) is 1. The van der Waals surface area contributed by atoms with Crippen molar-refractivity contribution < 1.29 is 0 Å². The van der Waals surface area contributed by atoms with Crippen molar-refractivity contribution in [3.05, 3.63) is 0 Å². The Kier molecular flexibility index (Phi) is 5.30. The lowest BCUT2D eigenvalue weighted by atomic mass is 9.86. The lowest BCUT2D eigenvalue weighted by Crippen LogP contribution is -2.50. The SMILES string of the molecule is CCCC1CCCN(C2CCC(C)(C)C2NC)CC1.